The second-order valence-corrected chi connectivity index (χ2v) is 8.18. The van der Waals surface area contributed by atoms with Crippen LogP contribution in [0.15, 0.2) is 38.8 Å². The molecule has 0 aliphatic heterocycles. The van der Waals surface area contributed by atoms with Crippen LogP contribution < -0.4 is 4.72 Å². The van der Waals surface area contributed by atoms with Gasteiger partial charge in [-0.3, -0.25) is 0 Å². The molecular weight excluding hydrogens is 375 g/mol. The summed E-state index contributed by atoms with van der Waals surface area (Å²) in [7, 11) is -8.33. The predicted octanol–water partition coefficient (Wildman–Crippen LogP) is 0.970. The Bertz CT molecular complexity index is 951. The molecule has 0 bridgehead atoms. The van der Waals surface area contributed by atoms with Gasteiger partial charge in [0.05, 0.1) is 17.0 Å². The van der Waals surface area contributed by atoms with Gasteiger partial charge in [0.1, 0.15) is 0 Å². The number of benzene rings is 1. The van der Waals surface area contributed by atoms with Gasteiger partial charge >= 0.3 is 11.4 Å². The van der Waals surface area contributed by atoms with Crippen LogP contribution >= 0.6 is 0 Å². The zero-order chi connectivity index (χ0) is 18.2. The minimum Gasteiger partial charge on any atom is -0.411 e. The molecule has 13 heteroatoms. The summed E-state index contributed by atoms with van der Waals surface area (Å²) < 4.78 is 91.6. The van der Waals surface area contributed by atoms with E-state index in [1.54, 1.807) is 0 Å². The van der Waals surface area contributed by atoms with Crippen LogP contribution in [-0.2, 0) is 32.6 Å². The van der Waals surface area contributed by atoms with Crippen LogP contribution in [0.5, 0.6) is 0 Å². The van der Waals surface area contributed by atoms with Crippen LogP contribution in [0.2, 0.25) is 0 Å². The summed E-state index contributed by atoms with van der Waals surface area (Å²) in [5, 5.41) is 5.77. The quantitative estimate of drug-likeness (QED) is 0.814. The summed E-state index contributed by atoms with van der Waals surface area (Å²) in [5.41, 5.74) is -1.33. The monoisotopic (exact) mass is 385 g/mol. The number of alkyl halides is 3. The highest BCUT2D eigenvalue weighted by molar-refractivity contribution is 7.90. The summed E-state index contributed by atoms with van der Waals surface area (Å²) >= 11 is 0. The minimum absolute atomic E-state index is 0.413. The molecule has 1 N–H and O–H groups in total. The maximum atomic E-state index is 12.9. The number of halogens is 3. The fourth-order valence-electron chi connectivity index (χ4n) is 1.63. The van der Waals surface area contributed by atoms with Crippen LogP contribution in [0.1, 0.15) is 11.5 Å². The van der Waals surface area contributed by atoms with E-state index in [0.29, 0.717) is 6.07 Å². The first-order valence-electron chi connectivity index (χ1n) is 6.09. The van der Waals surface area contributed by atoms with Crippen molar-refractivity contribution >= 4 is 19.9 Å². The van der Waals surface area contributed by atoms with Crippen LogP contribution in [-0.4, -0.2) is 33.3 Å². The van der Waals surface area contributed by atoms with E-state index >= 15 is 0 Å². The summed E-state index contributed by atoms with van der Waals surface area (Å²) in [4.78, 5) is -0.972. The average Bonchev–Trinajstić information content (AvgIpc) is 2.93. The normalized spacial score (nSPS) is 13.2. The van der Waals surface area contributed by atoms with Crippen molar-refractivity contribution in [1.82, 2.24) is 14.9 Å². The third-order valence-corrected chi connectivity index (χ3v) is 4.92. The van der Waals surface area contributed by atoms with E-state index in [9.17, 15) is 30.0 Å². The smallest absolute Gasteiger partial charge is 0.411 e. The molecule has 0 saturated heterocycles. The van der Waals surface area contributed by atoms with Gasteiger partial charge in [0, 0.05) is 6.26 Å². The molecule has 132 valence electrons. The molecule has 2 rings (SSSR count). The fourth-order valence-corrected chi connectivity index (χ4v) is 3.27. The predicted molar refractivity (Wildman–Crippen MR) is 72.9 cm³/mol. The Kier molecular flexibility index (Phi) is 4.70. The lowest BCUT2D eigenvalue weighted by Crippen LogP contribution is -2.26. The van der Waals surface area contributed by atoms with Crippen LogP contribution in [0.3, 0.4) is 0 Å². The first-order chi connectivity index (χ1) is 10.9. The van der Waals surface area contributed by atoms with Crippen molar-refractivity contribution in [2.24, 2.45) is 0 Å². The Balaban J connectivity index is 2.26. The minimum atomic E-state index is -4.86. The molecule has 0 unspecified atom stereocenters. The van der Waals surface area contributed by atoms with Gasteiger partial charge in [0.15, 0.2) is 0 Å². The summed E-state index contributed by atoms with van der Waals surface area (Å²) in [6.07, 6.45) is -4.06. The zero-order valence-electron chi connectivity index (χ0n) is 11.9. The molecular formula is C11H10F3N3O5S2. The van der Waals surface area contributed by atoms with Crippen molar-refractivity contribution in [3.8, 4) is 0 Å². The number of hydrogen-bond donors (Lipinski definition) is 1. The Morgan fingerprint density at radius 3 is 2.29 bits per heavy atom. The maximum absolute atomic E-state index is 12.9. The molecule has 0 aliphatic carbocycles. The Labute approximate surface area is 134 Å². The first-order valence-corrected chi connectivity index (χ1v) is 9.47. The topological polar surface area (TPSA) is 119 Å². The van der Waals surface area contributed by atoms with E-state index in [2.05, 4.69) is 10.2 Å². The molecule has 0 spiro atoms. The molecule has 0 aliphatic rings. The number of rotatable bonds is 5. The van der Waals surface area contributed by atoms with Crippen molar-refractivity contribution in [3.63, 3.8) is 0 Å². The molecule has 0 radical (unpaired) electrons. The van der Waals surface area contributed by atoms with Gasteiger partial charge in [0.2, 0.25) is 25.8 Å². The lowest BCUT2D eigenvalue weighted by Gasteiger charge is -2.12. The Hall–Kier alpha value is -1.99. The van der Waals surface area contributed by atoms with Crippen molar-refractivity contribution in [2.45, 2.75) is 22.8 Å². The number of sulfone groups is 1. The molecule has 8 nitrogen and oxygen atoms in total. The largest absolute Gasteiger partial charge is 0.417 e. The van der Waals surface area contributed by atoms with Gasteiger partial charge in [-0.1, -0.05) is 17.2 Å². The van der Waals surface area contributed by atoms with Crippen molar-refractivity contribution in [3.05, 3.63) is 35.7 Å². The molecule has 2 aromatic rings. The fraction of sp³-hybridized carbons (Fsp3) is 0.273. The van der Waals surface area contributed by atoms with Crippen LogP contribution in [0.4, 0.5) is 13.2 Å². The number of hydrogen-bond acceptors (Lipinski definition) is 7. The van der Waals surface area contributed by atoms with E-state index < -0.39 is 54.2 Å². The van der Waals surface area contributed by atoms with Gasteiger partial charge < -0.3 is 4.42 Å². The number of sulfonamides is 1. The Morgan fingerprint density at radius 1 is 1.12 bits per heavy atom. The van der Waals surface area contributed by atoms with E-state index in [4.69, 9.17) is 4.42 Å². The van der Waals surface area contributed by atoms with E-state index in [0.717, 1.165) is 24.5 Å². The third kappa shape index (κ3) is 4.10. The highest BCUT2D eigenvalue weighted by atomic mass is 32.2. The molecule has 1 aromatic carbocycles. The number of nitrogens with zero attached hydrogens (tertiary/aromatic N) is 2. The highest BCUT2D eigenvalue weighted by Gasteiger charge is 2.36. The molecule has 0 amide bonds. The molecule has 1 aromatic heterocycles. The van der Waals surface area contributed by atoms with Crippen molar-refractivity contribution < 1.29 is 34.4 Å². The second-order valence-electron chi connectivity index (χ2n) is 4.55. The van der Waals surface area contributed by atoms with Crippen molar-refractivity contribution in [2.75, 3.05) is 6.26 Å². The van der Waals surface area contributed by atoms with Gasteiger partial charge in [0.25, 0.3) is 0 Å². The summed E-state index contributed by atoms with van der Waals surface area (Å²) in [6, 6.07) is 3.61. The zero-order valence-corrected chi connectivity index (χ0v) is 13.5. The lowest BCUT2D eigenvalue weighted by atomic mass is 10.2. The lowest BCUT2D eigenvalue weighted by molar-refractivity contribution is -0.139. The van der Waals surface area contributed by atoms with Gasteiger partial charge in [-0.25, -0.2) is 21.6 Å². The van der Waals surface area contributed by atoms with Crippen LogP contribution in [0, 0.1) is 0 Å². The standard InChI is InChI=1S/C11H10F3N3O5S2/c1-23(18,19)10-17-16-9(22-10)6-15-24(20,21)8-5-3-2-4-7(8)11(12,13)14/h2-5,15H,6H2,1H3. The van der Waals surface area contributed by atoms with Gasteiger partial charge in [-0.05, 0) is 12.1 Å². The van der Waals surface area contributed by atoms with E-state index in [1.165, 1.54) is 0 Å². The first kappa shape index (κ1) is 18.4. The van der Waals surface area contributed by atoms with E-state index in [1.807, 2.05) is 4.72 Å². The SMILES string of the molecule is CS(=O)(=O)c1nnc(CNS(=O)(=O)c2ccccc2C(F)(F)F)o1. The second kappa shape index (κ2) is 6.14. The third-order valence-electron chi connectivity index (χ3n) is 2.66. The van der Waals surface area contributed by atoms with Crippen molar-refractivity contribution in [1.29, 1.82) is 0 Å². The molecule has 0 saturated carbocycles. The van der Waals surface area contributed by atoms with Crippen LogP contribution in [0.25, 0.3) is 0 Å². The van der Waals surface area contributed by atoms with E-state index in [-0.39, 0.29) is 0 Å². The maximum Gasteiger partial charge on any atom is 0.417 e. The molecule has 24 heavy (non-hydrogen) atoms. The van der Waals surface area contributed by atoms with Gasteiger partial charge in [-0.15, -0.1) is 5.10 Å². The number of nitrogens with one attached hydrogen (secondary N) is 1. The highest BCUT2D eigenvalue weighted by Crippen LogP contribution is 2.33. The summed E-state index contributed by atoms with van der Waals surface area (Å²) in [6.45, 7) is -0.670. The number of aromatic nitrogens is 2. The molecule has 1 heterocycles. The summed E-state index contributed by atoms with van der Waals surface area (Å²) in [5.74, 6) is -0.413. The average molecular weight is 385 g/mol. The van der Waals surface area contributed by atoms with Gasteiger partial charge in [-0.2, -0.15) is 13.2 Å². The molecule has 0 fully saturated rings. The molecule has 0 atom stereocenters. The Morgan fingerprint density at radius 2 is 1.75 bits per heavy atom.